The molecule has 66 valence electrons. The molecule has 0 radical (unpaired) electrons. The molecule has 0 N–H and O–H groups in total. The van der Waals surface area contributed by atoms with Crippen LogP contribution in [0, 0.1) is 0 Å². The molecule has 0 atom stereocenters. The summed E-state index contributed by atoms with van der Waals surface area (Å²) in [5.41, 5.74) is 1.79. The predicted molar refractivity (Wildman–Crippen MR) is 52.4 cm³/mol. The quantitative estimate of drug-likeness (QED) is 0.756. The lowest BCUT2D eigenvalue weighted by Crippen LogP contribution is -1.76. The molecule has 0 aliphatic rings. The second kappa shape index (κ2) is 3.70. The summed E-state index contributed by atoms with van der Waals surface area (Å²) in [5, 5.41) is 4.59. The van der Waals surface area contributed by atoms with Crippen LogP contribution in [0.25, 0.3) is 11.3 Å². The van der Waals surface area contributed by atoms with Crippen molar-refractivity contribution in [2.24, 2.45) is 0 Å². The van der Waals surface area contributed by atoms with Crippen LogP contribution in [-0.4, -0.2) is 10.1 Å². The van der Waals surface area contributed by atoms with E-state index in [1.54, 1.807) is 12.4 Å². The van der Waals surface area contributed by atoms with Crippen LogP contribution in [0.4, 0.5) is 0 Å². The summed E-state index contributed by atoms with van der Waals surface area (Å²) in [4.78, 5) is 4.00. The van der Waals surface area contributed by atoms with Gasteiger partial charge in [-0.2, -0.15) is 0 Å². The van der Waals surface area contributed by atoms with Crippen LogP contribution in [0.5, 0.6) is 0 Å². The first-order chi connectivity index (χ1) is 6.40. The van der Waals surface area contributed by atoms with Crippen molar-refractivity contribution in [1.29, 1.82) is 0 Å². The number of rotatable bonds is 2. The summed E-state index contributed by atoms with van der Waals surface area (Å²) in [7, 11) is 0. The molecule has 3 nitrogen and oxygen atoms in total. The van der Waals surface area contributed by atoms with Crippen LogP contribution in [-0.2, 0) is 5.33 Å². The summed E-state index contributed by atoms with van der Waals surface area (Å²) in [6.07, 6.45) is 3.49. The fourth-order valence-electron chi connectivity index (χ4n) is 1.03. The standard InChI is InChI=1S/C9H7BrN2O/c10-5-8-4-9(12-13-8)7-2-1-3-11-6-7/h1-4,6H,5H2. The van der Waals surface area contributed by atoms with Crippen molar-refractivity contribution in [2.45, 2.75) is 5.33 Å². The average molecular weight is 239 g/mol. The molecular weight excluding hydrogens is 232 g/mol. The largest absolute Gasteiger partial charge is 0.360 e. The molecule has 2 aromatic rings. The summed E-state index contributed by atoms with van der Waals surface area (Å²) in [5.74, 6) is 0.818. The molecule has 2 heterocycles. The van der Waals surface area contributed by atoms with Gasteiger partial charge in [-0.15, -0.1) is 0 Å². The van der Waals surface area contributed by atoms with Crippen LogP contribution in [0.15, 0.2) is 35.1 Å². The van der Waals surface area contributed by atoms with Gasteiger partial charge in [0.2, 0.25) is 0 Å². The number of pyridine rings is 1. The molecule has 0 saturated carbocycles. The van der Waals surface area contributed by atoms with Gasteiger partial charge in [-0.3, -0.25) is 4.98 Å². The van der Waals surface area contributed by atoms with Gasteiger partial charge in [0.25, 0.3) is 0 Å². The van der Waals surface area contributed by atoms with E-state index < -0.39 is 0 Å². The topological polar surface area (TPSA) is 38.9 Å². The van der Waals surface area contributed by atoms with Crippen LogP contribution >= 0.6 is 15.9 Å². The highest BCUT2D eigenvalue weighted by Gasteiger charge is 2.04. The van der Waals surface area contributed by atoms with Gasteiger partial charge in [0, 0.05) is 24.0 Å². The zero-order valence-electron chi connectivity index (χ0n) is 6.77. The molecule has 2 aromatic heterocycles. The Bertz CT molecular complexity index is 386. The number of nitrogens with zero attached hydrogens (tertiary/aromatic N) is 2. The Kier molecular flexibility index (Phi) is 2.40. The minimum atomic E-state index is 0.681. The molecule has 2 rings (SSSR count). The van der Waals surface area contributed by atoms with Crippen molar-refractivity contribution in [3.05, 3.63) is 36.4 Å². The Morgan fingerprint density at radius 2 is 2.38 bits per heavy atom. The highest BCUT2D eigenvalue weighted by atomic mass is 79.9. The Morgan fingerprint density at radius 3 is 3.00 bits per heavy atom. The van der Waals surface area contributed by atoms with Crippen LogP contribution in [0.3, 0.4) is 0 Å². The minimum absolute atomic E-state index is 0.681. The van der Waals surface area contributed by atoms with E-state index in [2.05, 4.69) is 26.1 Å². The van der Waals surface area contributed by atoms with Gasteiger partial charge < -0.3 is 4.52 Å². The fourth-order valence-corrected chi connectivity index (χ4v) is 1.29. The van der Waals surface area contributed by atoms with Crippen molar-refractivity contribution >= 4 is 15.9 Å². The third-order valence-corrected chi connectivity index (χ3v) is 2.20. The van der Waals surface area contributed by atoms with Crippen molar-refractivity contribution < 1.29 is 4.52 Å². The average Bonchev–Trinajstić information content (AvgIpc) is 2.67. The van der Waals surface area contributed by atoms with E-state index in [-0.39, 0.29) is 0 Å². The second-order valence-corrected chi connectivity index (χ2v) is 3.11. The summed E-state index contributed by atoms with van der Waals surface area (Å²) >= 11 is 3.29. The van der Waals surface area contributed by atoms with E-state index >= 15 is 0 Å². The lowest BCUT2D eigenvalue weighted by Gasteiger charge is -1.90. The number of aromatic nitrogens is 2. The van der Waals surface area contributed by atoms with Gasteiger partial charge in [-0.05, 0) is 12.1 Å². The van der Waals surface area contributed by atoms with E-state index in [0.29, 0.717) is 5.33 Å². The van der Waals surface area contributed by atoms with Crippen LogP contribution in [0.1, 0.15) is 5.76 Å². The summed E-state index contributed by atoms with van der Waals surface area (Å²) in [6, 6.07) is 5.71. The highest BCUT2D eigenvalue weighted by Crippen LogP contribution is 2.18. The monoisotopic (exact) mass is 238 g/mol. The Hall–Kier alpha value is -1.16. The molecule has 0 spiro atoms. The molecule has 0 amide bonds. The van der Waals surface area contributed by atoms with E-state index in [1.807, 2.05) is 18.2 Å². The Morgan fingerprint density at radius 1 is 1.46 bits per heavy atom. The molecule has 0 fully saturated rings. The highest BCUT2D eigenvalue weighted by molar-refractivity contribution is 9.08. The third-order valence-electron chi connectivity index (χ3n) is 1.65. The zero-order chi connectivity index (χ0) is 9.10. The molecule has 0 aromatic carbocycles. The van der Waals surface area contributed by atoms with E-state index in [0.717, 1.165) is 17.0 Å². The van der Waals surface area contributed by atoms with Crippen molar-refractivity contribution in [1.82, 2.24) is 10.1 Å². The fraction of sp³-hybridized carbons (Fsp3) is 0.111. The maximum atomic E-state index is 5.04. The smallest absolute Gasteiger partial charge is 0.147 e. The maximum Gasteiger partial charge on any atom is 0.147 e. The summed E-state index contributed by atoms with van der Waals surface area (Å²) < 4.78 is 5.04. The SMILES string of the molecule is BrCc1cc(-c2cccnc2)no1. The number of alkyl halides is 1. The first-order valence-corrected chi connectivity index (χ1v) is 4.94. The predicted octanol–water partition coefficient (Wildman–Crippen LogP) is 2.63. The van der Waals surface area contributed by atoms with Gasteiger partial charge in [-0.1, -0.05) is 21.1 Å². The first kappa shape index (κ1) is 8.44. The van der Waals surface area contributed by atoms with Crippen LogP contribution < -0.4 is 0 Å². The molecule has 0 bridgehead atoms. The van der Waals surface area contributed by atoms with E-state index in [1.165, 1.54) is 0 Å². The van der Waals surface area contributed by atoms with E-state index in [4.69, 9.17) is 4.52 Å². The lowest BCUT2D eigenvalue weighted by molar-refractivity contribution is 0.398. The number of hydrogen-bond donors (Lipinski definition) is 0. The van der Waals surface area contributed by atoms with Crippen molar-refractivity contribution in [2.75, 3.05) is 0 Å². The van der Waals surface area contributed by atoms with Gasteiger partial charge in [0.05, 0.1) is 5.33 Å². The molecule has 4 heteroatoms. The van der Waals surface area contributed by atoms with E-state index in [9.17, 15) is 0 Å². The molecule has 0 aliphatic carbocycles. The molecule has 13 heavy (non-hydrogen) atoms. The minimum Gasteiger partial charge on any atom is -0.360 e. The van der Waals surface area contributed by atoms with Crippen molar-refractivity contribution in [3.8, 4) is 11.3 Å². The zero-order valence-corrected chi connectivity index (χ0v) is 8.36. The Balaban J connectivity index is 2.36. The number of halogens is 1. The van der Waals surface area contributed by atoms with Gasteiger partial charge in [-0.25, -0.2) is 0 Å². The second-order valence-electron chi connectivity index (χ2n) is 2.55. The normalized spacial score (nSPS) is 10.2. The number of hydrogen-bond acceptors (Lipinski definition) is 3. The maximum absolute atomic E-state index is 5.04. The molecular formula is C9H7BrN2O. The lowest BCUT2D eigenvalue weighted by atomic mass is 10.2. The van der Waals surface area contributed by atoms with Crippen molar-refractivity contribution in [3.63, 3.8) is 0 Å². The van der Waals surface area contributed by atoms with Gasteiger partial charge >= 0.3 is 0 Å². The molecule has 0 saturated heterocycles. The van der Waals surface area contributed by atoms with Gasteiger partial charge in [0.15, 0.2) is 0 Å². The third kappa shape index (κ3) is 1.78. The van der Waals surface area contributed by atoms with Crippen LogP contribution in [0.2, 0.25) is 0 Å². The molecule has 0 unspecified atom stereocenters. The first-order valence-electron chi connectivity index (χ1n) is 3.82. The summed E-state index contributed by atoms with van der Waals surface area (Å²) in [6.45, 7) is 0. The Labute approximate surface area is 83.9 Å². The van der Waals surface area contributed by atoms with Gasteiger partial charge in [0.1, 0.15) is 11.5 Å². The molecule has 0 aliphatic heterocycles.